The molecule has 0 aliphatic carbocycles. The maximum Gasteiger partial charge on any atom is 0.231 e. The van der Waals surface area contributed by atoms with Crippen LogP contribution in [-0.2, 0) is 11.3 Å². The number of anilines is 1. The van der Waals surface area contributed by atoms with Crippen LogP contribution in [0.5, 0.6) is 17.2 Å². The van der Waals surface area contributed by atoms with Crippen molar-refractivity contribution < 1.29 is 19.0 Å². The van der Waals surface area contributed by atoms with Gasteiger partial charge in [0.25, 0.3) is 0 Å². The van der Waals surface area contributed by atoms with Gasteiger partial charge in [0.05, 0.1) is 25.3 Å². The zero-order valence-corrected chi connectivity index (χ0v) is 18.5. The zero-order chi connectivity index (χ0) is 22.5. The Labute approximate surface area is 193 Å². The molecule has 2 aliphatic rings. The molecular weight excluding hydrogens is 420 g/mol. The molecule has 1 amide bonds. The van der Waals surface area contributed by atoms with Crippen molar-refractivity contribution in [2.75, 3.05) is 31.8 Å². The monoisotopic (exact) mass is 448 g/mol. The Balaban J connectivity index is 1.11. The summed E-state index contributed by atoms with van der Waals surface area (Å²) in [6, 6.07) is 17.7. The maximum absolute atomic E-state index is 12.4. The molecule has 0 unspecified atom stereocenters. The average Bonchev–Trinajstić information content (AvgIpc) is 3.51. The molecule has 1 aromatic heterocycles. The summed E-state index contributed by atoms with van der Waals surface area (Å²) in [4.78, 5) is 14.8. The van der Waals surface area contributed by atoms with Gasteiger partial charge in [-0.1, -0.05) is 30.3 Å². The Kier molecular flexibility index (Phi) is 6.44. The van der Waals surface area contributed by atoms with E-state index in [0.717, 1.165) is 61.1 Å². The molecule has 1 saturated heterocycles. The van der Waals surface area contributed by atoms with Crippen molar-refractivity contribution >= 4 is 11.7 Å². The fourth-order valence-corrected chi connectivity index (χ4v) is 4.37. The van der Waals surface area contributed by atoms with E-state index in [0.29, 0.717) is 13.4 Å². The minimum Gasteiger partial charge on any atom is -0.493 e. The lowest BCUT2D eigenvalue weighted by Crippen LogP contribution is -2.35. The van der Waals surface area contributed by atoms with Crippen LogP contribution >= 0.6 is 0 Å². The van der Waals surface area contributed by atoms with Gasteiger partial charge in [-0.2, -0.15) is 5.10 Å². The van der Waals surface area contributed by atoms with Crippen LogP contribution in [0.4, 0.5) is 5.82 Å². The highest BCUT2D eigenvalue weighted by Crippen LogP contribution is 2.36. The minimum atomic E-state index is -0.0785. The topological polar surface area (TPSA) is 77.9 Å². The predicted molar refractivity (Wildman–Crippen MR) is 124 cm³/mol. The van der Waals surface area contributed by atoms with E-state index in [1.165, 1.54) is 0 Å². The smallest absolute Gasteiger partial charge is 0.231 e. The van der Waals surface area contributed by atoms with E-state index < -0.39 is 0 Å². The lowest BCUT2D eigenvalue weighted by Gasteiger charge is -2.32. The molecule has 0 spiro atoms. The SMILES string of the molecule is O=C(CCOc1ccccc1)Nc1ccnn1C1CCN(Cc2cccc3c2OCO3)CC1. The molecule has 2 aliphatic heterocycles. The molecule has 5 rings (SSSR count). The van der Waals surface area contributed by atoms with Crippen molar-refractivity contribution in [3.05, 3.63) is 66.4 Å². The average molecular weight is 449 g/mol. The largest absolute Gasteiger partial charge is 0.493 e. The van der Waals surface area contributed by atoms with Crippen molar-refractivity contribution in [2.45, 2.75) is 31.8 Å². The molecule has 0 bridgehead atoms. The highest BCUT2D eigenvalue weighted by Gasteiger charge is 2.25. The van der Waals surface area contributed by atoms with Gasteiger partial charge < -0.3 is 19.5 Å². The van der Waals surface area contributed by atoms with Crippen LogP contribution in [0.15, 0.2) is 60.8 Å². The molecule has 3 heterocycles. The number of hydrogen-bond donors (Lipinski definition) is 1. The highest BCUT2D eigenvalue weighted by atomic mass is 16.7. The van der Waals surface area contributed by atoms with Crippen molar-refractivity contribution in [2.24, 2.45) is 0 Å². The van der Waals surface area contributed by atoms with Gasteiger partial charge in [-0.3, -0.25) is 9.69 Å². The number of rotatable bonds is 8. The van der Waals surface area contributed by atoms with Crippen molar-refractivity contribution in [3.8, 4) is 17.2 Å². The van der Waals surface area contributed by atoms with Crippen LogP contribution in [0, 0.1) is 0 Å². The number of likely N-dealkylation sites (tertiary alicyclic amines) is 1. The third-order valence-corrected chi connectivity index (χ3v) is 6.05. The first-order chi connectivity index (χ1) is 16.3. The summed E-state index contributed by atoms with van der Waals surface area (Å²) >= 11 is 0. The number of nitrogens with one attached hydrogen (secondary N) is 1. The number of piperidine rings is 1. The lowest BCUT2D eigenvalue weighted by molar-refractivity contribution is -0.116. The number of nitrogens with zero attached hydrogens (tertiary/aromatic N) is 3. The maximum atomic E-state index is 12.4. The van der Waals surface area contributed by atoms with E-state index in [-0.39, 0.29) is 18.4 Å². The molecule has 2 aromatic carbocycles. The molecule has 1 N–H and O–H groups in total. The number of carbonyl (C=O) groups excluding carboxylic acids is 1. The minimum absolute atomic E-state index is 0.0785. The fraction of sp³-hybridized carbons (Fsp3) is 0.360. The molecule has 3 aromatic rings. The van der Waals surface area contributed by atoms with Crippen molar-refractivity contribution in [3.63, 3.8) is 0 Å². The van der Waals surface area contributed by atoms with Crippen LogP contribution < -0.4 is 19.5 Å². The summed E-state index contributed by atoms with van der Waals surface area (Å²) in [6.07, 6.45) is 3.96. The van der Waals surface area contributed by atoms with E-state index >= 15 is 0 Å². The van der Waals surface area contributed by atoms with E-state index in [1.807, 2.05) is 53.2 Å². The molecule has 33 heavy (non-hydrogen) atoms. The molecule has 172 valence electrons. The molecular formula is C25H28N4O4. The van der Waals surface area contributed by atoms with Gasteiger partial charge in [0, 0.05) is 31.3 Å². The normalized spacial score (nSPS) is 16.0. The molecule has 0 atom stereocenters. The highest BCUT2D eigenvalue weighted by molar-refractivity contribution is 5.89. The van der Waals surface area contributed by atoms with Crippen LogP contribution in [0.2, 0.25) is 0 Å². The quantitative estimate of drug-likeness (QED) is 0.564. The van der Waals surface area contributed by atoms with Gasteiger partial charge in [-0.25, -0.2) is 4.68 Å². The Morgan fingerprint density at radius 3 is 2.76 bits per heavy atom. The Bertz CT molecular complexity index is 1080. The number of amides is 1. The number of aromatic nitrogens is 2. The third-order valence-electron chi connectivity index (χ3n) is 6.05. The summed E-state index contributed by atoms with van der Waals surface area (Å²) in [5.74, 6) is 3.12. The lowest BCUT2D eigenvalue weighted by atomic mass is 10.0. The van der Waals surface area contributed by atoms with Gasteiger partial charge >= 0.3 is 0 Å². The molecule has 8 nitrogen and oxygen atoms in total. The van der Waals surface area contributed by atoms with Gasteiger partial charge in [0.2, 0.25) is 12.7 Å². The van der Waals surface area contributed by atoms with Gasteiger partial charge in [0.1, 0.15) is 11.6 Å². The summed E-state index contributed by atoms with van der Waals surface area (Å²) in [6.45, 7) is 3.37. The number of carbonyl (C=O) groups is 1. The van der Waals surface area contributed by atoms with Crippen LogP contribution in [0.25, 0.3) is 0 Å². The number of para-hydroxylation sites is 2. The summed E-state index contributed by atoms with van der Waals surface area (Å²) in [5.41, 5.74) is 1.16. The number of fused-ring (bicyclic) bond motifs is 1. The number of ether oxygens (including phenoxy) is 3. The number of benzene rings is 2. The first-order valence-electron chi connectivity index (χ1n) is 11.4. The molecule has 0 radical (unpaired) electrons. The predicted octanol–water partition coefficient (Wildman–Crippen LogP) is 3.86. The van der Waals surface area contributed by atoms with E-state index in [4.69, 9.17) is 14.2 Å². The first kappa shape index (κ1) is 21.3. The second-order valence-electron chi connectivity index (χ2n) is 8.28. The van der Waals surface area contributed by atoms with Crippen molar-refractivity contribution in [1.29, 1.82) is 0 Å². The Hall–Kier alpha value is -3.52. The fourth-order valence-electron chi connectivity index (χ4n) is 4.37. The first-order valence-corrected chi connectivity index (χ1v) is 11.4. The summed E-state index contributed by atoms with van der Waals surface area (Å²) in [7, 11) is 0. The van der Waals surface area contributed by atoms with E-state index in [2.05, 4.69) is 21.4 Å². The standard InChI is InChI=1S/C25H28N4O4/c30-24(12-16-31-21-6-2-1-3-7-21)27-23-9-13-26-29(23)20-10-14-28(15-11-20)17-19-5-4-8-22-25(19)33-18-32-22/h1-9,13,20H,10-12,14-18H2,(H,27,30). The summed E-state index contributed by atoms with van der Waals surface area (Å²) < 4.78 is 18.7. The second-order valence-corrected chi connectivity index (χ2v) is 8.28. The molecule has 1 fully saturated rings. The Morgan fingerprint density at radius 2 is 1.91 bits per heavy atom. The Morgan fingerprint density at radius 1 is 1.06 bits per heavy atom. The zero-order valence-electron chi connectivity index (χ0n) is 18.5. The van der Waals surface area contributed by atoms with Crippen molar-refractivity contribution in [1.82, 2.24) is 14.7 Å². The van der Waals surface area contributed by atoms with E-state index in [1.54, 1.807) is 6.20 Å². The molecule has 0 saturated carbocycles. The number of hydrogen-bond acceptors (Lipinski definition) is 6. The van der Waals surface area contributed by atoms with Gasteiger partial charge in [-0.05, 0) is 31.0 Å². The van der Waals surface area contributed by atoms with Gasteiger partial charge in [-0.15, -0.1) is 0 Å². The third kappa shape index (κ3) is 5.12. The van der Waals surface area contributed by atoms with Crippen LogP contribution in [-0.4, -0.2) is 47.1 Å². The van der Waals surface area contributed by atoms with E-state index in [9.17, 15) is 4.79 Å². The van der Waals surface area contributed by atoms with Crippen LogP contribution in [0.3, 0.4) is 0 Å². The van der Waals surface area contributed by atoms with Crippen LogP contribution in [0.1, 0.15) is 30.9 Å². The second kappa shape index (κ2) is 9.95. The van der Waals surface area contributed by atoms with Gasteiger partial charge in [0.15, 0.2) is 11.5 Å². The molecule has 8 heteroatoms. The summed E-state index contributed by atoms with van der Waals surface area (Å²) in [5, 5.41) is 7.48.